The molecule has 1 rings (SSSR count). The Hall–Kier alpha value is -0.570. The van der Waals surface area contributed by atoms with Crippen LogP contribution in [0.2, 0.25) is 0 Å². The van der Waals surface area contributed by atoms with Gasteiger partial charge in [0.05, 0.1) is 0 Å². The molecule has 3 nitrogen and oxygen atoms in total. The fraction of sp³-hybridized carbons (Fsp3) is 0.909. The maximum atomic E-state index is 11.5. The summed E-state index contributed by atoms with van der Waals surface area (Å²) in [6.07, 6.45) is 3.22. The van der Waals surface area contributed by atoms with Crippen LogP contribution in [0.25, 0.3) is 0 Å². The van der Waals surface area contributed by atoms with Gasteiger partial charge < -0.3 is 10.2 Å². The molecule has 0 saturated carbocycles. The zero-order valence-corrected chi connectivity index (χ0v) is 9.55. The molecule has 1 N–H and O–H groups in total. The fourth-order valence-corrected chi connectivity index (χ4v) is 1.99. The number of carbonyl (C=O) groups is 1. The van der Waals surface area contributed by atoms with Gasteiger partial charge in [-0.15, -0.1) is 0 Å². The van der Waals surface area contributed by atoms with Crippen molar-refractivity contribution in [3.63, 3.8) is 0 Å². The molecule has 82 valence electrons. The molecule has 0 unspecified atom stereocenters. The molecule has 1 saturated heterocycles. The summed E-state index contributed by atoms with van der Waals surface area (Å²) in [6, 6.07) is 0. The van der Waals surface area contributed by atoms with E-state index in [0.29, 0.717) is 18.3 Å². The molecule has 14 heavy (non-hydrogen) atoms. The predicted molar refractivity (Wildman–Crippen MR) is 58.1 cm³/mol. The lowest BCUT2D eigenvalue weighted by atomic mass is 9.85. The van der Waals surface area contributed by atoms with Crippen molar-refractivity contribution in [2.24, 2.45) is 11.8 Å². The molecule has 1 heterocycles. The number of hydrogen-bond acceptors (Lipinski definition) is 2. The molecule has 0 aromatic carbocycles. The quantitative estimate of drug-likeness (QED) is 0.736. The molecule has 1 aliphatic rings. The highest BCUT2D eigenvalue weighted by atomic mass is 16.2. The Bertz CT molecular complexity index is 186. The third kappa shape index (κ3) is 3.29. The molecule has 2 atom stereocenters. The molecular weight excluding hydrogens is 176 g/mol. The van der Waals surface area contributed by atoms with Crippen LogP contribution in [0.3, 0.4) is 0 Å². The maximum absolute atomic E-state index is 11.5. The first-order chi connectivity index (χ1) is 6.61. The number of hydrogen-bond donors (Lipinski definition) is 1. The third-order valence-corrected chi connectivity index (χ3v) is 3.14. The van der Waals surface area contributed by atoms with Gasteiger partial charge in [0.2, 0.25) is 5.91 Å². The molecular formula is C11H22N2O. The first-order valence-corrected chi connectivity index (χ1v) is 5.52. The lowest BCUT2D eigenvalue weighted by molar-refractivity contribution is -0.130. The van der Waals surface area contributed by atoms with Crippen LogP contribution >= 0.6 is 0 Å². The van der Waals surface area contributed by atoms with Crippen molar-refractivity contribution in [3.8, 4) is 0 Å². The van der Waals surface area contributed by atoms with Crippen LogP contribution in [0, 0.1) is 11.8 Å². The summed E-state index contributed by atoms with van der Waals surface area (Å²) in [5, 5.41) is 3.39. The molecule has 0 bridgehead atoms. The standard InChI is InChI=1S/C11H22N2O/c1-9(7-11(14)13(2)3)10-5-4-6-12-8-10/h9-10,12H,4-8H2,1-3H3/t9-,10-/m0/s1. The number of nitrogens with one attached hydrogen (secondary N) is 1. The number of amides is 1. The number of nitrogens with zero attached hydrogens (tertiary/aromatic N) is 1. The van der Waals surface area contributed by atoms with Gasteiger partial charge in [0.25, 0.3) is 0 Å². The summed E-state index contributed by atoms with van der Waals surface area (Å²) in [7, 11) is 3.66. The number of rotatable bonds is 3. The highest BCUT2D eigenvalue weighted by Crippen LogP contribution is 2.22. The van der Waals surface area contributed by atoms with Crippen molar-refractivity contribution >= 4 is 5.91 Å². The average Bonchev–Trinajstić information content (AvgIpc) is 2.19. The van der Waals surface area contributed by atoms with Crippen molar-refractivity contribution in [3.05, 3.63) is 0 Å². The molecule has 0 aliphatic carbocycles. The number of piperidine rings is 1. The van der Waals surface area contributed by atoms with Crippen LogP contribution in [0.1, 0.15) is 26.2 Å². The smallest absolute Gasteiger partial charge is 0.222 e. The van der Waals surface area contributed by atoms with Crippen LogP contribution in [0.4, 0.5) is 0 Å². The molecule has 3 heteroatoms. The van der Waals surface area contributed by atoms with Gasteiger partial charge in [0.1, 0.15) is 0 Å². The van der Waals surface area contributed by atoms with Crippen LogP contribution in [0.15, 0.2) is 0 Å². The van der Waals surface area contributed by atoms with Crippen LogP contribution in [0.5, 0.6) is 0 Å². The molecule has 0 aromatic heterocycles. The molecule has 1 fully saturated rings. The topological polar surface area (TPSA) is 32.3 Å². The van der Waals surface area contributed by atoms with E-state index in [0.717, 1.165) is 13.1 Å². The average molecular weight is 198 g/mol. The zero-order valence-electron chi connectivity index (χ0n) is 9.55. The third-order valence-electron chi connectivity index (χ3n) is 3.14. The summed E-state index contributed by atoms with van der Waals surface area (Å²) in [5.74, 6) is 1.45. The molecule has 1 amide bonds. The van der Waals surface area contributed by atoms with Gasteiger partial charge in [-0.05, 0) is 37.8 Å². The van der Waals surface area contributed by atoms with Gasteiger partial charge in [-0.1, -0.05) is 6.92 Å². The van der Waals surface area contributed by atoms with Gasteiger partial charge in [0.15, 0.2) is 0 Å². The second-order valence-electron chi connectivity index (χ2n) is 4.58. The van der Waals surface area contributed by atoms with Gasteiger partial charge in [-0.2, -0.15) is 0 Å². The van der Waals surface area contributed by atoms with Crippen LogP contribution < -0.4 is 5.32 Å². The lowest BCUT2D eigenvalue weighted by Crippen LogP contribution is -2.35. The summed E-state index contributed by atoms with van der Waals surface area (Å²) in [5.41, 5.74) is 0. The van der Waals surface area contributed by atoms with E-state index in [1.165, 1.54) is 12.8 Å². The van der Waals surface area contributed by atoms with Gasteiger partial charge in [-0.3, -0.25) is 4.79 Å². The minimum atomic E-state index is 0.253. The summed E-state index contributed by atoms with van der Waals surface area (Å²) >= 11 is 0. The van der Waals surface area contributed by atoms with E-state index in [4.69, 9.17) is 0 Å². The molecule has 0 aromatic rings. The first kappa shape index (κ1) is 11.5. The van der Waals surface area contributed by atoms with E-state index >= 15 is 0 Å². The van der Waals surface area contributed by atoms with Gasteiger partial charge >= 0.3 is 0 Å². The molecule has 0 spiro atoms. The lowest BCUT2D eigenvalue weighted by Gasteiger charge is -2.28. The van der Waals surface area contributed by atoms with E-state index in [1.807, 2.05) is 14.1 Å². The monoisotopic (exact) mass is 198 g/mol. The van der Waals surface area contributed by atoms with Gasteiger partial charge in [0, 0.05) is 20.5 Å². The summed E-state index contributed by atoms with van der Waals surface area (Å²) in [4.78, 5) is 13.2. The van der Waals surface area contributed by atoms with E-state index in [9.17, 15) is 4.79 Å². The Morgan fingerprint density at radius 3 is 2.79 bits per heavy atom. The second kappa shape index (κ2) is 5.35. The zero-order chi connectivity index (χ0) is 10.6. The minimum absolute atomic E-state index is 0.253. The van der Waals surface area contributed by atoms with Crippen LogP contribution in [-0.4, -0.2) is 38.0 Å². The SMILES string of the molecule is C[C@@H](CC(=O)N(C)C)[C@H]1CCCNC1. The van der Waals surface area contributed by atoms with Gasteiger partial charge in [-0.25, -0.2) is 0 Å². The maximum Gasteiger partial charge on any atom is 0.222 e. The van der Waals surface area contributed by atoms with Crippen molar-refractivity contribution in [1.82, 2.24) is 10.2 Å². The highest BCUT2D eigenvalue weighted by Gasteiger charge is 2.22. The fourth-order valence-electron chi connectivity index (χ4n) is 1.99. The van der Waals surface area contributed by atoms with Crippen molar-refractivity contribution in [2.45, 2.75) is 26.2 Å². The minimum Gasteiger partial charge on any atom is -0.349 e. The highest BCUT2D eigenvalue weighted by molar-refractivity contribution is 5.75. The largest absolute Gasteiger partial charge is 0.349 e. The Labute approximate surface area is 86.9 Å². The van der Waals surface area contributed by atoms with Crippen molar-refractivity contribution in [2.75, 3.05) is 27.2 Å². The van der Waals surface area contributed by atoms with Crippen molar-refractivity contribution < 1.29 is 4.79 Å². The van der Waals surface area contributed by atoms with E-state index in [2.05, 4.69) is 12.2 Å². The summed E-state index contributed by atoms with van der Waals surface area (Å²) < 4.78 is 0. The van der Waals surface area contributed by atoms with Crippen LogP contribution in [-0.2, 0) is 4.79 Å². The molecule has 0 radical (unpaired) electrons. The van der Waals surface area contributed by atoms with E-state index in [-0.39, 0.29) is 5.91 Å². The first-order valence-electron chi connectivity index (χ1n) is 5.52. The van der Waals surface area contributed by atoms with E-state index in [1.54, 1.807) is 4.90 Å². The second-order valence-corrected chi connectivity index (χ2v) is 4.58. The Morgan fingerprint density at radius 2 is 2.29 bits per heavy atom. The molecule has 1 aliphatic heterocycles. The Kier molecular flexibility index (Phi) is 4.39. The number of carbonyl (C=O) groups excluding carboxylic acids is 1. The Morgan fingerprint density at radius 1 is 1.57 bits per heavy atom. The normalized spacial score (nSPS) is 24.4. The Balaban J connectivity index is 2.32. The van der Waals surface area contributed by atoms with E-state index < -0.39 is 0 Å². The van der Waals surface area contributed by atoms with Crippen molar-refractivity contribution in [1.29, 1.82) is 0 Å². The summed E-state index contributed by atoms with van der Waals surface area (Å²) in [6.45, 7) is 4.42. The predicted octanol–water partition coefficient (Wildman–Crippen LogP) is 1.10.